The molecule has 0 saturated carbocycles. The van der Waals surface area contributed by atoms with E-state index in [1.807, 2.05) is 6.26 Å². The Kier molecular flexibility index (Phi) is 4.91. The molecule has 10 heteroatoms. The van der Waals surface area contributed by atoms with E-state index in [0.29, 0.717) is 25.2 Å². The Balaban J connectivity index is 1.81. The van der Waals surface area contributed by atoms with E-state index in [9.17, 15) is 20.2 Å². The van der Waals surface area contributed by atoms with E-state index in [4.69, 9.17) is 0 Å². The Morgan fingerprint density at radius 1 is 1.28 bits per heavy atom. The predicted molar refractivity (Wildman–Crippen MR) is 91.4 cm³/mol. The second kappa shape index (κ2) is 7.11. The molecular weight excluding hydrogens is 346 g/mol. The lowest BCUT2D eigenvalue weighted by atomic mass is 10.1. The maximum atomic E-state index is 11.2. The van der Waals surface area contributed by atoms with Gasteiger partial charge >= 0.3 is 0 Å². The van der Waals surface area contributed by atoms with Gasteiger partial charge in [0.05, 0.1) is 21.6 Å². The molecule has 0 aliphatic carbocycles. The SMILES string of the molecule is CSc1ncc2c(n1)CCN(Cc1ccc([N+](=O)[O-])cc1[N+](=O)[O-])C2. The van der Waals surface area contributed by atoms with Crippen LogP contribution >= 0.6 is 11.8 Å². The molecule has 1 aromatic heterocycles. The molecule has 0 unspecified atom stereocenters. The Hall–Kier alpha value is -2.59. The van der Waals surface area contributed by atoms with Gasteiger partial charge in [0.1, 0.15) is 0 Å². The number of non-ortho nitro benzene ring substituents is 1. The fourth-order valence-corrected chi connectivity index (χ4v) is 3.16. The summed E-state index contributed by atoms with van der Waals surface area (Å²) in [5.41, 5.74) is 1.97. The smallest absolute Gasteiger partial charge is 0.280 e. The Morgan fingerprint density at radius 3 is 2.76 bits per heavy atom. The van der Waals surface area contributed by atoms with Gasteiger partial charge in [0.15, 0.2) is 5.16 Å². The average Bonchev–Trinajstić information content (AvgIpc) is 2.61. The van der Waals surface area contributed by atoms with Gasteiger partial charge in [-0.05, 0) is 12.3 Å². The number of nitrogens with zero attached hydrogens (tertiary/aromatic N) is 5. The molecule has 2 aromatic rings. The van der Waals surface area contributed by atoms with Gasteiger partial charge in [0.25, 0.3) is 11.4 Å². The lowest BCUT2D eigenvalue weighted by molar-refractivity contribution is -0.394. The zero-order valence-corrected chi connectivity index (χ0v) is 14.2. The summed E-state index contributed by atoms with van der Waals surface area (Å²) in [6, 6.07) is 3.77. The monoisotopic (exact) mass is 361 g/mol. The number of nitro groups is 2. The van der Waals surface area contributed by atoms with Gasteiger partial charge in [0, 0.05) is 49.4 Å². The topological polar surface area (TPSA) is 115 Å². The van der Waals surface area contributed by atoms with Crippen molar-refractivity contribution in [3.63, 3.8) is 0 Å². The van der Waals surface area contributed by atoms with E-state index in [2.05, 4.69) is 14.9 Å². The fraction of sp³-hybridized carbons (Fsp3) is 0.333. The second-order valence-electron chi connectivity index (χ2n) is 5.62. The molecule has 1 aliphatic rings. The van der Waals surface area contributed by atoms with Gasteiger partial charge in [-0.25, -0.2) is 9.97 Å². The summed E-state index contributed by atoms with van der Waals surface area (Å²) < 4.78 is 0. The molecule has 0 N–H and O–H groups in total. The van der Waals surface area contributed by atoms with Gasteiger partial charge in [-0.2, -0.15) is 0 Å². The Labute approximate surface area is 147 Å². The molecular formula is C15H15N5O4S. The molecule has 1 aromatic carbocycles. The lowest BCUT2D eigenvalue weighted by Gasteiger charge is -2.27. The Bertz CT molecular complexity index is 845. The van der Waals surface area contributed by atoms with Crippen molar-refractivity contribution in [2.75, 3.05) is 12.8 Å². The van der Waals surface area contributed by atoms with Crippen molar-refractivity contribution < 1.29 is 9.85 Å². The Morgan fingerprint density at radius 2 is 2.08 bits per heavy atom. The third-order valence-electron chi connectivity index (χ3n) is 4.04. The van der Waals surface area contributed by atoms with Crippen LogP contribution in [-0.2, 0) is 19.5 Å². The van der Waals surface area contributed by atoms with Crippen LogP contribution in [0.15, 0.2) is 29.6 Å². The quantitative estimate of drug-likeness (QED) is 0.345. The number of hydrogen-bond acceptors (Lipinski definition) is 8. The maximum absolute atomic E-state index is 11.2. The van der Waals surface area contributed by atoms with Crippen molar-refractivity contribution in [3.8, 4) is 0 Å². The molecule has 130 valence electrons. The summed E-state index contributed by atoms with van der Waals surface area (Å²) >= 11 is 1.49. The first kappa shape index (κ1) is 17.2. The van der Waals surface area contributed by atoms with Crippen molar-refractivity contribution in [2.24, 2.45) is 0 Å². The minimum absolute atomic E-state index is 0.228. The van der Waals surface area contributed by atoms with E-state index in [1.165, 1.54) is 23.9 Å². The molecule has 0 spiro atoms. The van der Waals surface area contributed by atoms with Crippen molar-refractivity contribution >= 4 is 23.1 Å². The number of fused-ring (bicyclic) bond motifs is 1. The van der Waals surface area contributed by atoms with Crippen LogP contribution in [0.4, 0.5) is 11.4 Å². The minimum Gasteiger partial charge on any atom is -0.294 e. The van der Waals surface area contributed by atoms with E-state index in [1.54, 1.807) is 6.20 Å². The highest BCUT2D eigenvalue weighted by molar-refractivity contribution is 7.98. The summed E-state index contributed by atoms with van der Waals surface area (Å²) in [6.07, 6.45) is 4.46. The van der Waals surface area contributed by atoms with Crippen LogP contribution in [-0.4, -0.2) is 37.5 Å². The van der Waals surface area contributed by atoms with Crippen LogP contribution in [0.1, 0.15) is 16.8 Å². The van der Waals surface area contributed by atoms with Crippen LogP contribution in [0.5, 0.6) is 0 Å². The largest absolute Gasteiger partial charge is 0.294 e. The molecule has 3 rings (SSSR count). The average molecular weight is 361 g/mol. The zero-order valence-electron chi connectivity index (χ0n) is 13.4. The first-order valence-electron chi connectivity index (χ1n) is 7.50. The van der Waals surface area contributed by atoms with Crippen LogP contribution in [0.3, 0.4) is 0 Å². The second-order valence-corrected chi connectivity index (χ2v) is 6.39. The predicted octanol–water partition coefficient (Wildman–Crippen LogP) is 2.57. The van der Waals surface area contributed by atoms with Crippen LogP contribution in [0, 0.1) is 20.2 Å². The standard InChI is InChI=1S/C15H15N5O4S/c1-25-15-16-7-11-9-18(5-4-13(11)17-15)8-10-2-3-12(19(21)22)6-14(10)20(23)24/h2-3,6-7H,4-5,8-9H2,1H3. The van der Waals surface area contributed by atoms with Crippen molar-refractivity contribution in [3.05, 3.63) is 61.4 Å². The highest BCUT2D eigenvalue weighted by atomic mass is 32.2. The minimum atomic E-state index is -0.630. The van der Waals surface area contributed by atoms with Gasteiger partial charge in [-0.15, -0.1) is 0 Å². The first-order valence-corrected chi connectivity index (χ1v) is 8.73. The lowest BCUT2D eigenvalue weighted by Crippen LogP contribution is -2.31. The van der Waals surface area contributed by atoms with Crippen LogP contribution in [0.25, 0.3) is 0 Å². The summed E-state index contributed by atoms with van der Waals surface area (Å²) in [4.78, 5) is 31.7. The summed E-state index contributed by atoms with van der Waals surface area (Å²) in [5, 5.41) is 22.8. The number of rotatable bonds is 5. The van der Waals surface area contributed by atoms with Gasteiger partial charge in [-0.1, -0.05) is 11.8 Å². The van der Waals surface area contributed by atoms with E-state index < -0.39 is 9.85 Å². The molecule has 1 aliphatic heterocycles. The normalized spacial score (nSPS) is 14.1. The molecule has 25 heavy (non-hydrogen) atoms. The van der Waals surface area contributed by atoms with E-state index in [-0.39, 0.29) is 11.4 Å². The zero-order chi connectivity index (χ0) is 18.0. The fourth-order valence-electron chi connectivity index (χ4n) is 2.80. The molecule has 0 amide bonds. The van der Waals surface area contributed by atoms with E-state index >= 15 is 0 Å². The third-order valence-corrected chi connectivity index (χ3v) is 4.61. The maximum Gasteiger partial charge on any atom is 0.280 e. The molecule has 0 bridgehead atoms. The van der Waals surface area contributed by atoms with Gasteiger partial charge in [-0.3, -0.25) is 25.1 Å². The third kappa shape index (κ3) is 3.74. The number of thioether (sulfide) groups is 1. The van der Waals surface area contributed by atoms with Crippen LogP contribution in [0.2, 0.25) is 0 Å². The van der Waals surface area contributed by atoms with Crippen molar-refractivity contribution in [1.29, 1.82) is 0 Å². The molecule has 0 radical (unpaired) electrons. The van der Waals surface area contributed by atoms with Crippen LogP contribution < -0.4 is 0 Å². The number of benzene rings is 1. The highest BCUT2D eigenvalue weighted by Crippen LogP contribution is 2.27. The van der Waals surface area contributed by atoms with Crippen molar-refractivity contribution in [1.82, 2.24) is 14.9 Å². The molecule has 0 saturated heterocycles. The molecule has 9 nitrogen and oxygen atoms in total. The molecule has 2 heterocycles. The van der Waals surface area contributed by atoms with Gasteiger partial charge < -0.3 is 0 Å². The van der Waals surface area contributed by atoms with Crippen molar-refractivity contribution in [2.45, 2.75) is 24.7 Å². The number of hydrogen-bond donors (Lipinski definition) is 0. The number of nitro benzene ring substituents is 2. The molecule has 0 fully saturated rings. The van der Waals surface area contributed by atoms with Gasteiger partial charge in [0.2, 0.25) is 0 Å². The highest BCUT2D eigenvalue weighted by Gasteiger charge is 2.24. The summed E-state index contributed by atoms with van der Waals surface area (Å²) in [7, 11) is 0. The number of aromatic nitrogens is 2. The summed E-state index contributed by atoms with van der Waals surface area (Å²) in [5.74, 6) is 0. The summed E-state index contributed by atoms with van der Waals surface area (Å²) in [6.45, 7) is 1.65. The first-order chi connectivity index (χ1) is 12.0. The van der Waals surface area contributed by atoms with E-state index in [0.717, 1.165) is 28.9 Å². The molecule has 0 atom stereocenters.